The van der Waals surface area contributed by atoms with Crippen molar-refractivity contribution in [3.63, 3.8) is 0 Å². The Hall–Kier alpha value is -1.52. The molecule has 0 saturated carbocycles. The molecule has 0 aliphatic carbocycles. The molecule has 0 aromatic carbocycles. The number of hydrogen-bond donors (Lipinski definition) is 1. The van der Waals surface area contributed by atoms with E-state index in [9.17, 15) is 9.59 Å². The molecule has 19 heavy (non-hydrogen) atoms. The standard InChI is InChI=1S/C14H24N2O3/c1-5-12(17)15-9-8-11-7-6-10-16(11)13(18)19-14(2,3)4/h5,11H,1,6-10H2,2-4H3,(H,15,17)/t11-/m1/s1. The zero-order chi connectivity index (χ0) is 14.5. The van der Waals surface area contributed by atoms with Crippen LogP contribution in [0.2, 0.25) is 0 Å². The summed E-state index contributed by atoms with van der Waals surface area (Å²) in [6, 6.07) is 0.153. The molecule has 5 nitrogen and oxygen atoms in total. The summed E-state index contributed by atoms with van der Waals surface area (Å²) < 4.78 is 5.38. The average Bonchev–Trinajstić information content (AvgIpc) is 2.75. The molecule has 1 aliphatic heterocycles. The molecule has 0 spiro atoms. The predicted octanol–water partition coefficient (Wildman–Crippen LogP) is 2.08. The summed E-state index contributed by atoms with van der Waals surface area (Å²) in [5, 5.41) is 2.73. The lowest BCUT2D eigenvalue weighted by Crippen LogP contribution is -2.41. The maximum absolute atomic E-state index is 12.0. The molecule has 1 N–H and O–H groups in total. The van der Waals surface area contributed by atoms with E-state index in [0.717, 1.165) is 25.8 Å². The SMILES string of the molecule is C=CC(=O)NCC[C@H]1CCCN1C(=O)OC(C)(C)C. The van der Waals surface area contributed by atoms with E-state index in [1.807, 2.05) is 20.8 Å². The predicted molar refractivity (Wildman–Crippen MR) is 73.8 cm³/mol. The minimum atomic E-state index is -0.471. The number of carbonyl (C=O) groups is 2. The molecule has 1 heterocycles. The fraction of sp³-hybridized carbons (Fsp3) is 0.714. The largest absolute Gasteiger partial charge is 0.444 e. The van der Waals surface area contributed by atoms with Gasteiger partial charge in [0, 0.05) is 19.1 Å². The van der Waals surface area contributed by atoms with E-state index in [2.05, 4.69) is 11.9 Å². The summed E-state index contributed by atoms with van der Waals surface area (Å²) >= 11 is 0. The smallest absolute Gasteiger partial charge is 0.410 e. The Morgan fingerprint density at radius 1 is 1.47 bits per heavy atom. The van der Waals surface area contributed by atoms with Gasteiger partial charge in [-0.05, 0) is 46.1 Å². The molecule has 1 rings (SSSR count). The average molecular weight is 268 g/mol. The van der Waals surface area contributed by atoms with Crippen molar-refractivity contribution in [2.24, 2.45) is 0 Å². The molecule has 1 saturated heterocycles. The zero-order valence-corrected chi connectivity index (χ0v) is 12.1. The van der Waals surface area contributed by atoms with E-state index >= 15 is 0 Å². The third-order valence-corrected chi connectivity index (χ3v) is 2.97. The fourth-order valence-corrected chi connectivity index (χ4v) is 2.13. The minimum absolute atomic E-state index is 0.153. The van der Waals surface area contributed by atoms with Crippen LogP contribution in [0.4, 0.5) is 4.79 Å². The highest BCUT2D eigenvalue weighted by Crippen LogP contribution is 2.22. The van der Waals surface area contributed by atoms with Gasteiger partial charge in [-0.2, -0.15) is 0 Å². The summed E-state index contributed by atoms with van der Waals surface area (Å²) in [6.45, 7) is 10.3. The van der Waals surface area contributed by atoms with Gasteiger partial charge in [0.1, 0.15) is 5.60 Å². The Morgan fingerprint density at radius 2 is 2.16 bits per heavy atom. The summed E-state index contributed by atoms with van der Waals surface area (Å²) in [7, 11) is 0. The Balaban J connectivity index is 2.43. The molecule has 0 unspecified atom stereocenters. The normalized spacial score (nSPS) is 19.1. The third-order valence-electron chi connectivity index (χ3n) is 2.97. The zero-order valence-electron chi connectivity index (χ0n) is 12.1. The number of hydrogen-bond acceptors (Lipinski definition) is 3. The van der Waals surface area contributed by atoms with Crippen molar-refractivity contribution >= 4 is 12.0 Å². The molecule has 0 radical (unpaired) electrons. The first-order chi connectivity index (χ1) is 8.83. The van der Waals surface area contributed by atoms with Gasteiger partial charge in [-0.1, -0.05) is 6.58 Å². The highest BCUT2D eigenvalue weighted by atomic mass is 16.6. The third kappa shape index (κ3) is 5.32. The molecule has 1 aliphatic rings. The first-order valence-corrected chi connectivity index (χ1v) is 6.73. The highest BCUT2D eigenvalue weighted by Gasteiger charge is 2.31. The van der Waals surface area contributed by atoms with Gasteiger partial charge in [0.25, 0.3) is 0 Å². The Kier molecular flexibility index (Phi) is 5.39. The molecule has 0 bridgehead atoms. The van der Waals surface area contributed by atoms with E-state index in [4.69, 9.17) is 4.74 Å². The first-order valence-electron chi connectivity index (χ1n) is 6.73. The van der Waals surface area contributed by atoms with Gasteiger partial charge in [0.2, 0.25) is 5.91 Å². The van der Waals surface area contributed by atoms with Crippen molar-refractivity contribution in [2.45, 2.75) is 51.7 Å². The monoisotopic (exact) mass is 268 g/mol. The molecule has 108 valence electrons. The summed E-state index contributed by atoms with van der Waals surface area (Å²) in [6.07, 6.45) is 3.69. The van der Waals surface area contributed by atoms with E-state index in [-0.39, 0.29) is 18.0 Å². The Bertz CT molecular complexity index is 347. The molecule has 2 amide bonds. The molecule has 1 atom stereocenters. The van der Waals surface area contributed by atoms with Crippen LogP contribution in [0.3, 0.4) is 0 Å². The van der Waals surface area contributed by atoms with Gasteiger partial charge in [0.05, 0.1) is 0 Å². The van der Waals surface area contributed by atoms with Crippen LogP contribution in [0.25, 0.3) is 0 Å². The quantitative estimate of drug-likeness (QED) is 0.794. The lowest BCUT2D eigenvalue weighted by molar-refractivity contribution is -0.116. The summed E-state index contributed by atoms with van der Waals surface area (Å²) in [4.78, 5) is 24.8. The van der Waals surface area contributed by atoms with E-state index in [0.29, 0.717) is 6.54 Å². The summed E-state index contributed by atoms with van der Waals surface area (Å²) in [5.41, 5.74) is -0.471. The van der Waals surface area contributed by atoms with Gasteiger partial charge in [-0.15, -0.1) is 0 Å². The molecular formula is C14H24N2O3. The maximum atomic E-state index is 12.0. The number of nitrogens with zero attached hydrogens (tertiary/aromatic N) is 1. The van der Waals surface area contributed by atoms with Crippen LogP contribution in [0, 0.1) is 0 Å². The lowest BCUT2D eigenvalue weighted by atomic mass is 10.1. The molecule has 0 aromatic rings. The van der Waals surface area contributed by atoms with E-state index in [1.54, 1.807) is 4.90 Å². The van der Waals surface area contributed by atoms with Gasteiger partial charge >= 0.3 is 6.09 Å². The van der Waals surface area contributed by atoms with Crippen LogP contribution < -0.4 is 5.32 Å². The van der Waals surface area contributed by atoms with E-state index in [1.165, 1.54) is 6.08 Å². The van der Waals surface area contributed by atoms with Crippen LogP contribution in [-0.4, -0.2) is 41.6 Å². The lowest BCUT2D eigenvalue weighted by Gasteiger charge is -2.28. The van der Waals surface area contributed by atoms with Crippen LogP contribution in [0.5, 0.6) is 0 Å². The minimum Gasteiger partial charge on any atom is -0.444 e. The second kappa shape index (κ2) is 6.59. The highest BCUT2D eigenvalue weighted by molar-refractivity contribution is 5.86. The van der Waals surface area contributed by atoms with Gasteiger partial charge in [-0.3, -0.25) is 4.79 Å². The van der Waals surface area contributed by atoms with Crippen molar-refractivity contribution < 1.29 is 14.3 Å². The summed E-state index contributed by atoms with van der Waals surface area (Å²) in [5.74, 6) is -0.179. The number of amides is 2. The number of ether oxygens (including phenoxy) is 1. The number of rotatable bonds is 4. The van der Waals surface area contributed by atoms with Crippen LogP contribution >= 0.6 is 0 Å². The van der Waals surface area contributed by atoms with Gasteiger partial charge in [0.15, 0.2) is 0 Å². The Morgan fingerprint density at radius 3 is 2.74 bits per heavy atom. The maximum Gasteiger partial charge on any atom is 0.410 e. The van der Waals surface area contributed by atoms with Crippen LogP contribution in [-0.2, 0) is 9.53 Å². The second-order valence-electron chi connectivity index (χ2n) is 5.75. The van der Waals surface area contributed by atoms with Crippen molar-refractivity contribution in [1.29, 1.82) is 0 Å². The fourth-order valence-electron chi connectivity index (χ4n) is 2.13. The van der Waals surface area contributed by atoms with Gasteiger partial charge < -0.3 is 15.0 Å². The van der Waals surface area contributed by atoms with Crippen molar-refractivity contribution in [3.05, 3.63) is 12.7 Å². The van der Waals surface area contributed by atoms with Crippen LogP contribution in [0.1, 0.15) is 40.0 Å². The second-order valence-corrected chi connectivity index (χ2v) is 5.75. The van der Waals surface area contributed by atoms with E-state index < -0.39 is 5.60 Å². The van der Waals surface area contributed by atoms with Crippen molar-refractivity contribution in [2.75, 3.05) is 13.1 Å². The molecular weight excluding hydrogens is 244 g/mol. The Labute approximate surface area is 115 Å². The van der Waals surface area contributed by atoms with Crippen LogP contribution in [0.15, 0.2) is 12.7 Å². The van der Waals surface area contributed by atoms with Gasteiger partial charge in [-0.25, -0.2) is 4.79 Å². The molecule has 1 fully saturated rings. The topological polar surface area (TPSA) is 58.6 Å². The number of nitrogens with one attached hydrogen (secondary N) is 1. The van der Waals surface area contributed by atoms with Crippen molar-refractivity contribution in [1.82, 2.24) is 10.2 Å². The van der Waals surface area contributed by atoms with Crippen molar-refractivity contribution in [3.8, 4) is 0 Å². The number of carbonyl (C=O) groups excluding carboxylic acids is 2. The molecule has 0 aromatic heterocycles. The first kappa shape index (κ1) is 15.5. The molecule has 5 heteroatoms. The number of likely N-dealkylation sites (tertiary alicyclic amines) is 1.